The van der Waals surface area contributed by atoms with Crippen molar-refractivity contribution in [3.05, 3.63) is 53.7 Å². The summed E-state index contributed by atoms with van der Waals surface area (Å²) in [5, 5.41) is 8.32. The van der Waals surface area contributed by atoms with Crippen LogP contribution in [0.2, 0.25) is 0 Å². The van der Waals surface area contributed by atoms with Gasteiger partial charge in [-0.1, -0.05) is 32.0 Å². The Morgan fingerprint density at radius 3 is 2.06 bits per heavy atom. The van der Waals surface area contributed by atoms with Gasteiger partial charge in [-0.3, -0.25) is 29.8 Å². The van der Waals surface area contributed by atoms with Gasteiger partial charge in [0.1, 0.15) is 11.6 Å². The van der Waals surface area contributed by atoms with E-state index in [4.69, 9.17) is 4.74 Å². The number of hydrogen-bond acceptors (Lipinski definition) is 9. The highest BCUT2D eigenvalue weighted by Crippen LogP contribution is 2.30. The molecule has 4 aliphatic heterocycles. The molecule has 4 saturated heterocycles. The van der Waals surface area contributed by atoms with Gasteiger partial charge in [0.2, 0.25) is 17.7 Å². The summed E-state index contributed by atoms with van der Waals surface area (Å²) < 4.78 is 5.74. The van der Waals surface area contributed by atoms with Crippen LogP contribution in [0.5, 0.6) is 5.75 Å². The van der Waals surface area contributed by atoms with Crippen LogP contribution in [0.4, 0.5) is 5.82 Å². The predicted octanol–water partition coefficient (Wildman–Crippen LogP) is 4.03. The van der Waals surface area contributed by atoms with Gasteiger partial charge in [-0.2, -0.15) is 0 Å². The second-order valence-electron chi connectivity index (χ2n) is 14.1. The number of nitrogens with zero attached hydrogens (tertiary/aromatic N) is 3. The highest BCUT2D eigenvalue weighted by atomic mass is 16.5. The number of carbonyl (C=O) groups is 4. The molecular weight excluding hydrogens is 608 g/mol. The van der Waals surface area contributed by atoms with Gasteiger partial charge in [0.25, 0.3) is 5.91 Å². The molecular formula is C37H52N6O5. The number of piperidine rings is 4. The fourth-order valence-corrected chi connectivity index (χ4v) is 7.07. The number of nitrogens with one attached hydrogen (secondary N) is 3. The Balaban J connectivity index is 0.000000188. The van der Waals surface area contributed by atoms with Crippen molar-refractivity contribution in [3.8, 4) is 5.75 Å². The normalized spacial score (nSPS) is 24.2. The zero-order valence-electron chi connectivity index (χ0n) is 28.9. The Hall–Kier alpha value is -3.83. The van der Waals surface area contributed by atoms with E-state index in [1.807, 2.05) is 24.3 Å². The molecule has 11 heteroatoms. The van der Waals surface area contributed by atoms with Gasteiger partial charge in [-0.25, -0.2) is 4.98 Å². The second kappa shape index (κ2) is 16.5. The van der Waals surface area contributed by atoms with Crippen LogP contribution < -0.4 is 25.6 Å². The lowest BCUT2D eigenvalue weighted by Gasteiger charge is -2.35. The van der Waals surface area contributed by atoms with Crippen molar-refractivity contribution < 1.29 is 23.9 Å². The molecule has 1 aromatic carbocycles. The van der Waals surface area contributed by atoms with E-state index in [0.717, 1.165) is 43.9 Å². The van der Waals surface area contributed by atoms with Gasteiger partial charge in [0.15, 0.2) is 6.10 Å². The Bertz CT molecular complexity index is 1400. The third kappa shape index (κ3) is 9.63. The zero-order valence-corrected chi connectivity index (χ0v) is 28.9. The number of imide groups is 2. The van der Waals surface area contributed by atoms with E-state index >= 15 is 0 Å². The smallest absolute Gasteiger partial charge is 0.267 e. The predicted molar refractivity (Wildman–Crippen MR) is 185 cm³/mol. The quantitative estimate of drug-likeness (QED) is 0.359. The van der Waals surface area contributed by atoms with Gasteiger partial charge in [-0.15, -0.1) is 0 Å². The highest BCUT2D eigenvalue weighted by Gasteiger charge is 2.30. The molecule has 5 heterocycles. The average molecular weight is 661 g/mol. The van der Waals surface area contributed by atoms with Crippen LogP contribution in [-0.4, -0.2) is 83.9 Å². The maximum absolute atomic E-state index is 11.9. The monoisotopic (exact) mass is 660 g/mol. The third-order valence-electron chi connectivity index (χ3n) is 9.80. The van der Waals surface area contributed by atoms with E-state index in [0.29, 0.717) is 55.5 Å². The Morgan fingerprint density at radius 2 is 1.46 bits per heavy atom. The Labute approximate surface area is 284 Å². The Kier molecular flexibility index (Phi) is 12.2. The molecule has 0 radical (unpaired) electrons. The largest absolute Gasteiger partial charge is 0.481 e. The Morgan fingerprint density at radius 1 is 0.792 bits per heavy atom. The summed E-state index contributed by atoms with van der Waals surface area (Å²) in [5.41, 5.74) is 2.22. The van der Waals surface area contributed by atoms with Crippen LogP contribution in [0.3, 0.4) is 0 Å². The maximum Gasteiger partial charge on any atom is 0.267 e. The summed E-state index contributed by atoms with van der Waals surface area (Å²) in [6.45, 7) is 13.1. The van der Waals surface area contributed by atoms with Crippen LogP contribution >= 0.6 is 0 Å². The number of rotatable bonds is 8. The molecule has 6 rings (SSSR count). The summed E-state index contributed by atoms with van der Waals surface area (Å²) >= 11 is 0. The summed E-state index contributed by atoms with van der Waals surface area (Å²) in [6.07, 6.45) is 7.65. The van der Waals surface area contributed by atoms with Crippen LogP contribution in [0, 0.1) is 0 Å². The number of anilines is 1. The number of hydrogen-bond donors (Lipinski definition) is 3. The number of ether oxygens (including phenoxy) is 1. The van der Waals surface area contributed by atoms with Gasteiger partial charge < -0.3 is 19.9 Å². The van der Waals surface area contributed by atoms with Crippen molar-refractivity contribution in [1.29, 1.82) is 0 Å². The first kappa shape index (κ1) is 35.5. The summed E-state index contributed by atoms with van der Waals surface area (Å²) in [7, 11) is 0. The number of benzene rings is 1. The van der Waals surface area contributed by atoms with E-state index in [1.165, 1.54) is 24.9 Å². The lowest BCUT2D eigenvalue weighted by molar-refractivity contribution is -0.139. The molecule has 4 amide bonds. The van der Waals surface area contributed by atoms with Gasteiger partial charge in [0.05, 0.1) is 5.92 Å². The first-order valence-corrected chi connectivity index (χ1v) is 17.7. The molecule has 0 aliphatic carbocycles. The first-order chi connectivity index (χ1) is 23.0. The van der Waals surface area contributed by atoms with E-state index in [1.54, 1.807) is 6.20 Å². The minimum Gasteiger partial charge on any atom is -0.481 e. The van der Waals surface area contributed by atoms with Gasteiger partial charge in [0, 0.05) is 63.2 Å². The van der Waals surface area contributed by atoms with Crippen LogP contribution in [0.25, 0.3) is 0 Å². The SMILES string of the molecule is CC(C)N1CCCC(c2ccc(OC3CCC(=O)NC3=O)cc2)C1.CC(C)NC1CCN(c2ccc(C3CCC(=O)NC3=O)cn2)CC1. The van der Waals surface area contributed by atoms with E-state index in [-0.39, 0.29) is 29.5 Å². The molecule has 4 aliphatic rings. The van der Waals surface area contributed by atoms with Crippen molar-refractivity contribution in [2.24, 2.45) is 0 Å². The molecule has 3 unspecified atom stereocenters. The lowest BCUT2D eigenvalue weighted by atomic mass is 9.90. The minimum atomic E-state index is -0.570. The molecule has 11 nitrogen and oxygen atoms in total. The topological polar surface area (TPSA) is 133 Å². The fourth-order valence-electron chi connectivity index (χ4n) is 7.07. The molecule has 48 heavy (non-hydrogen) atoms. The van der Waals surface area contributed by atoms with Gasteiger partial charge in [-0.05, 0) is 87.7 Å². The summed E-state index contributed by atoms with van der Waals surface area (Å²) in [6, 6.07) is 13.8. The third-order valence-corrected chi connectivity index (χ3v) is 9.80. The molecule has 0 bridgehead atoms. The molecule has 3 N–H and O–H groups in total. The zero-order chi connectivity index (χ0) is 34.2. The van der Waals surface area contributed by atoms with Crippen molar-refractivity contribution in [1.82, 2.24) is 25.8 Å². The van der Waals surface area contributed by atoms with Crippen molar-refractivity contribution in [2.75, 3.05) is 31.1 Å². The van der Waals surface area contributed by atoms with Crippen molar-refractivity contribution in [3.63, 3.8) is 0 Å². The summed E-state index contributed by atoms with van der Waals surface area (Å²) in [4.78, 5) is 55.5. The highest BCUT2D eigenvalue weighted by molar-refractivity contribution is 6.01. The van der Waals surface area contributed by atoms with Gasteiger partial charge >= 0.3 is 0 Å². The lowest BCUT2D eigenvalue weighted by Crippen LogP contribution is -2.46. The summed E-state index contributed by atoms with van der Waals surface area (Å²) in [5.74, 6) is 1.01. The van der Waals surface area contributed by atoms with Crippen molar-refractivity contribution in [2.45, 2.75) is 115 Å². The molecule has 4 fully saturated rings. The number of likely N-dealkylation sites (tertiary alicyclic amines) is 1. The number of pyridine rings is 1. The first-order valence-electron chi connectivity index (χ1n) is 17.7. The number of amides is 4. The minimum absolute atomic E-state index is 0.182. The molecule has 260 valence electrons. The maximum atomic E-state index is 11.9. The van der Waals surface area contributed by atoms with Crippen LogP contribution in [-0.2, 0) is 19.2 Å². The number of carbonyl (C=O) groups excluding carboxylic acids is 4. The fraction of sp³-hybridized carbons (Fsp3) is 0.595. The molecule has 2 aromatic rings. The van der Waals surface area contributed by atoms with Crippen LogP contribution in [0.1, 0.15) is 102 Å². The molecule has 3 atom stereocenters. The molecule has 1 aromatic heterocycles. The molecule has 0 saturated carbocycles. The molecule has 0 spiro atoms. The van der Waals surface area contributed by atoms with Crippen LogP contribution in [0.15, 0.2) is 42.6 Å². The van der Waals surface area contributed by atoms with E-state index < -0.39 is 6.10 Å². The second-order valence-corrected chi connectivity index (χ2v) is 14.1. The van der Waals surface area contributed by atoms with E-state index in [2.05, 4.69) is 70.6 Å². The van der Waals surface area contributed by atoms with Crippen molar-refractivity contribution >= 4 is 29.4 Å². The van der Waals surface area contributed by atoms with E-state index in [9.17, 15) is 19.2 Å². The standard InChI is InChI=1S/C19H26N2O3.C18H26N4O2/c1-13(2)21-11-3-4-15(12-21)14-5-7-16(8-6-14)24-17-9-10-18(22)20-19(17)23;1-12(2)20-14-7-9-22(10-8-14)16-5-3-13(11-19-16)15-4-6-17(23)21-18(15)24/h5-8,13,15,17H,3-4,9-12H2,1-2H3,(H,20,22,23);3,5,11-12,14-15,20H,4,6-10H2,1-2H3,(H,21,23,24). The number of aromatic nitrogens is 1. The average Bonchev–Trinajstić information content (AvgIpc) is 3.07.